The zero-order valence-corrected chi connectivity index (χ0v) is 35.3. The summed E-state index contributed by atoms with van der Waals surface area (Å²) in [5.41, 5.74) is 0. The van der Waals surface area contributed by atoms with Gasteiger partial charge in [-0.15, -0.1) is 0 Å². The molecule has 2 heteroatoms. The zero-order chi connectivity index (χ0) is 35.8. The van der Waals surface area contributed by atoms with Crippen molar-refractivity contribution in [1.29, 1.82) is 0 Å². The van der Waals surface area contributed by atoms with Gasteiger partial charge in [-0.05, 0) is 25.7 Å². The van der Waals surface area contributed by atoms with E-state index in [2.05, 4.69) is 43.0 Å². The third kappa shape index (κ3) is 30.9. The van der Waals surface area contributed by atoms with Crippen molar-refractivity contribution in [2.75, 3.05) is 13.1 Å². The van der Waals surface area contributed by atoms with Gasteiger partial charge in [0.25, 0.3) is 0 Å². The van der Waals surface area contributed by atoms with Gasteiger partial charge < -0.3 is 9.80 Å². The summed E-state index contributed by atoms with van der Waals surface area (Å²) in [6, 6.07) is 0. The first-order chi connectivity index (χ1) is 24.8. The Labute approximate surface area is 318 Å². The molecular formula is C48H96N2. The largest absolute Gasteiger partial charge is 0.356 e. The summed E-state index contributed by atoms with van der Waals surface area (Å²) >= 11 is 0. The van der Waals surface area contributed by atoms with E-state index < -0.39 is 0 Å². The second kappa shape index (κ2) is 39.5. The molecule has 50 heavy (non-hydrogen) atoms. The molecule has 1 rings (SSSR count). The van der Waals surface area contributed by atoms with Crippen LogP contribution in [-0.4, -0.2) is 29.1 Å². The van der Waals surface area contributed by atoms with Crippen molar-refractivity contribution in [1.82, 2.24) is 9.80 Å². The predicted molar refractivity (Wildman–Crippen MR) is 228 cm³/mol. The van der Waals surface area contributed by atoms with E-state index in [0.29, 0.717) is 6.17 Å². The van der Waals surface area contributed by atoms with E-state index in [1.54, 1.807) is 0 Å². The molecule has 1 heterocycles. The van der Waals surface area contributed by atoms with Crippen molar-refractivity contribution >= 4 is 0 Å². The molecule has 298 valence electrons. The Morgan fingerprint density at radius 3 is 0.700 bits per heavy atom. The van der Waals surface area contributed by atoms with Gasteiger partial charge in [0.15, 0.2) is 0 Å². The quantitative estimate of drug-likeness (QED) is 0.0585. The van der Waals surface area contributed by atoms with Gasteiger partial charge in [0.1, 0.15) is 6.17 Å². The second-order valence-corrected chi connectivity index (χ2v) is 16.8. The number of nitrogens with zero attached hydrogens (tertiary/aromatic N) is 2. The van der Waals surface area contributed by atoms with Gasteiger partial charge in [0.05, 0.1) is 0 Å². The van der Waals surface area contributed by atoms with E-state index in [1.165, 1.54) is 270 Å². The van der Waals surface area contributed by atoms with Crippen LogP contribution in [0.5, 0.6) is 0 Å². The number of hydrogen-bond donors (Lipinski definition) is 0. The molecule has 0 aromatic heterocycles. The van der Waals surface area contributed by atoms with Gasteiger partial charge in [-0.2, -0.15) is 0 Å². The van der Waals surface area contributed by atoms with E-state index >= 15 is 0 Å². The Morgan fingerprint density at radius 1 is 0.260 bits per heavy atom. The topological polar surface area (TPSA) is 6.48 Å². The monoisotopic (exact) mass is 701 g/mol. The summed E-state index contributed by atoms with van der Waals surface area (Å²) in [5.74, 6) is 0. The highest BCUT2D eigenvalue weighted by molar-refractivity contribution is 4.97. The Balaban J connectivity index is 2.16. The Morgan fingerprint density at radius 2 is 0.460 bits per heavy atom. The van der Waals surface area contributed by atoms with Crippen LogP contribution in [0.15, 0.2) is 12.4 Å². The summed E-state index contributed by atoms with van der Waals surface area (Å²) < 4.78 is 0. The molecule has 0 N–H and O–H groups in total. The maximum atomic E-state index is 2.73. The first-order valence-electron chi connectivity index (χ1n) is 24.0. The number of rotatable bonds is 42. The van der Waals surface area contributed by atoms with Crippen LogP contribution in [0.4, 0.5) is 0 Å². The minimum Gasteiger partial charge on any atom is -0.356 e. The van der Waals surface area contributed by atoms with Gasteiger partial charge in [0, 0.05) is 25.5 Å². The fourth-order valence-electron chi connectivity index (χ4n) is 8.31. The van der Waals surface area contributed by atoms with Gasteiger partial charge in [-0.3, -0.25) is 0 Å². The third-order valence-electron chi connectivity index (χ3n) is 11.8. The van der Waals surface area contributed by atoms with Crippen LogP contribution in [-0.2, 0) is 0 Å². The molecule has 0 amide bonds. The lowest BCUT2D eigenvalue weighted by molar-refractivity contribution is 0.135. The van der Waals surface area contributed by atoms with Gasteiger partial charge in [-0.1, -0.05) is 252 Å². The summed E-state index contributed by atoms with van der Waals surface area (Å²) in [5, 5.41) is 0. The summed E-state index contributed by atoms with van der Waals surface area (Å²) in [7, 11) is 0. The van der Waals surface area contributed by atoms with Crippen molar-refractivity contribution < 1.29 is 0 Å². The van der Waals surface area contributed by atoms with Gasteiger partial charge in [-0.25, -0.2) is 0 Å². The van der Waals surface area contributed by atoms with E-state index in [4.69, 9.17) is 0 Å². The van der Waals surface area contributed by atoms with Crippen LogP contribution in [0.1, 0.15) is 278 Å². The molecule has 0 radical (unpaired) electrons. The molecule has 0 aliphatic carbocycles. The van der Waals surface area contributed by atoms with Crippen LogP contribution in [0, 0.1) is 0 Å². The molecule has 1 atom stereocenters. The minimum absolute atomic E-state index is 0.637. The molecule has 0 fully saturated rings. The lowest BCUT2D eigenvalue weighted by Crippen LogP contribution is -2.39. The van der Waals surface area contributed by atoms with Crippen molar-refractivity contribution in [2.24, 2.45) is 0 Å². The van der Waals surface area contributed by atoms with Crippen molar-refractivity contribution in [2.45, 2.75) is 284 Å². The highest BCUT2D eigenvalue weighted by atomic mass is 15.4. The maximum absolute atomic E-state index is 2.73. The SMILES string of the molecule is CCCCCCCCCCCCCCCCCCCN1C=CN(CCCCCCCCCCCCCCC)C1CCCCCCCCCCC. The molecule has 0 bridgehead atoms. The van der Waals surface area contributed by atoms with Crippen LogP contribution in [0.2, 0.25) is 0 Å². The molecule has 0 saturated carbocycles. The van der Waals surface area contributed by atoms with Gasteiger partial charge >= 0.3 is 0 Å². The summed E-state index contributed by atoms with van der Waals surface area (Å²) in [4.78, 5) is 5.47. The molecular weight excluding hydrogens is 605 g/mol. The average molecular weight is 701 g/mol. The first kappa shape index (κ1) is 47.4. The number of unbranched alkanes of at least 4 members (excludes halogenated alkanes) is 36. The second-order valence-electron chi connectivity index (χ2n) is 16.8. The van der Waals surface area contributed by atoms with E-state index in [1.807, 2.05) is 0 Å². The van der Waals surface area contributed by atoms with Gasteiger partial charge in [0.2, 0.25) is 0 Å². The Hall–Kier alpha value is -0.660. The fourth-order valence-corrected chi connectivity index (χ4v) is 8.31. The lowest BCUT2D eigenvalue weighted by atomic mass is 10.0. The molecule has 0 aromatic carbocycles. The van der Waals surface area contributed by atoms with E-state index in [-0.39, 0.29) is 0 Å². The number of hydrogen-bond acceptors (Lipinski definition) is 2. The molecule has 0 saturated heterocycles. The fraction of sp³-hybridized carbons (Fsp3) is 0.958. The molecule has 1 unspecified atom stereocenters. The van der Waals surface area contributed by atoms with Crippen molar-refractivity contribution in [3.63, 3.8) is 0 Å². The van der Waals surface area contributed by atoms with E-state index in [0.717, 1.165) is 0 Å². The highest BCUT2D eigenvalue weighted by Gasteiger charge is 2.24. The van der Waals surface area contributed by atoms with Crippen LogP contribution < -0.4 is 0 Å². The van der Waals surface area contributed by atoms with E-state index in [9.17, 15) is 0 Å². The lowest BCUT2D eigenvalue weighted by Gasteiger charge is -2.33. The van der Waals surface area contributed by atoms with Crippen molar-refractivity contribution in [3.8, 4) is 0 Å². The minimum atomic E-state index is 0.637. The highest BCUT2D eigenvalue weighted by Crippen LogP contribution is 2.24. The molecule has 0 spiro atoms. The standard InChI is InChI=1S/C48H96N2/c1-4-7-10-13-16-19-21-23-24-25-26-28-30-33-36-39-42-45-50-47-46-49(48(50)43-40-37-34-31-18-15-12-9-6-3)44-41-38-35-32-29-27-22-20-17-14-11-8-5-2/h46-48H,4-45H2,1-3H3. The average Bonchev–Trinajstić information content (AvgIpc) is 3.51. The Kier molecular flexibility index (Phi) is 37.5. The molecule has 1 aliphatic rings. The summed E-state index contributed by atoms with van der Waals surface area (Å²) in [6.07, 6.45) is 63.4. The molecule has 0 aromatic rings. The Bertz CT molecular complexity index is 659. The third-order valence-corrected chi connectivity index (χ3v) is 11.8. The summed E-state index contributed by atoms with van der Waals surface area (Å²) in [6.45, 7) is 9.49. The van der Waals surface area contributed by atoms with Crippen LogP contribution in [0.25, 0.3) is 0 Å². The maximum Gasteiger partial charge on any atom is 0.101 e. The molecule has 1 aliphatic heterocycles. The predicted octanol–water partition coefficient (Wildman–Crippen LogP) is 17.1. The zero-order valence-electron chi connectivity index (χ0n) is 35.3. The smallest absolute Gasteiger partial charge is 0.101 e. The normalized spacial score (nSPS) is 14.5. The first-order valence-corrected chi connectivity index (χ1v) is 24.0. The molecule has 2 nitrogen and oxygen atoms in total. The van der Waals surface area contributed by atoms with Crippen molar-refractivity contribution in [3.05, 3.63) is 12.4 Å². The van der Waals surface area contributed by atoms with Crippen LogP contribution >= 0.6 is 0 Å². The van der Waals surface area contributed by atoms with Crippen LogP contribution in [0.3, 0.4) is 0 Å².